The average molecular weight is 257 g/mol. The van der Waals surface area contributed by atoms with E-state index in [1.54, 1.807) is 0 Å². The van der Waals surface area contributed by atoms with Crippen molar-refractivity contribution in [3.63, 3.8) is 0 Å². The summed E-state index contributed by atoms with van der Waals surface area (Å²) in [6.45, 7) is 7.09. The lowest BCUT2D eigenvalue weighted by Gasteiger charge is -2.11. The van der Waals surface area contributed by atoms with Crippen LogP contribution in [-0.4, -0.2) is 0 Å². The number of hydrogen-bond acceptors (Lipinski definition) is 2. The van der Waals surface area contributed by atoms with Gasteiger partial charge < -0.3 is 5.73 Å². The zero-order valence-corrected chi connectivity index (χ0v) is 12.0. The van der Waals surface area contributed by atoms with E-state index in [2.05, 4.69) is 57.2 Å². The Labute approximate surface area is 113 Å². The van der Waals surface area contributed by atoms with E-state index in [0.29, 0.717) is 6.54 Å². The third kappa shape index (κ3) is 2.95. The van der Waals surface area contributed by atoms with Crippen molar-refractivity contribution in [2.45, 2.75) is 37.1 Å². The maximum Gasteiger partial charge on any atom is 0.0181 e. The highest BCUT2D eigenvalue weighted by molar-refractivity contribution is 7.99. The molecule has 2 aromatic rings. The smallest absolute Gasteiger partial charge is 0.0181 e. The average Bonchev–Trinajstić information content (AvgIpc) is 2.34. The minimum Gasteiger partial charge on any atom is -0.326 e. The van der Waals surface area contributed by atoms with E-state index in [1.165, 1.54) is 32.0 Å². The molecule has 94 valence electrons. The summed E-state index contributed by atoms with van der Waals surface area (Å²) in [4.78, 5) is 2.61. The van der Waals surface area contributed by atoms with Gasteiger partial charge in [0.1, 0.15) is 0 Å². The highest BCUT2D eigenvalue weighted by Crippen LogP contribution is 2.33. The molecule has 2 heteroatoms. The molecule has 0 atom stereocenters. The molecule has 0 radical (unpaired) electrons. The van der Waals surface area contributed by atoms with Crippen LogP contribution in [0.2, 0.25) is 0 Å². The van der Waals surface area contributed by atoms with Crippen molar-refractivity contribution >= 4 is 11.8 Å². The molecule has 0 aliphatic rings. The van der Waals surface area contributed by atoms with Gasteiger partial charge in [-0.3, -0.25) is 0 Å². The van der Waals surface area contributed by atoms with Gasteiger partial charge in [-0.1, -0.05) is 41.6 Å². The van der Waals surface area contributed by atoms with Crippen molar-refractivity contribution in [2.75, 3.05) is 0 Å². The van der Waals surface area contributed by atoms with Crippen LogP contribution in [0.4, 0.5) is 0 Å². The van der Waals surface area contributed by atoms with E-state index in [0.717, 1.165) is 0 Å². The minimum atomic E-state index is 0.597. The summed E-state index contributed by atoms with van der Waals surface area (Å²) in [5.74, 6) is 0. The highest BCUT2D eigenvalue weighted by atomic mass is 32.2. The lowest BCUT2D eigenvalue weighted by Crippen LogP contribution is -1.95. The first-order chi connectivity index (χ1) is 8.60. The lowest BCUT2D eigenvalue weighted by molar-refractivity contribution is 1.06. The van der Waals surface area contributed by atoms with Gasteiger partial charge in [0.25, 0.3) is 0 Å². The van der Waals surface area contributed by atoms with Crippen LogP contribution in [0.25, 0.3) is 0 Å². The first kappa shape index (κ1) is 13.2. The molecule has 0 aliphatic carbocycles. The topological polar surface area (TPSA) is 26.0 Å². The van der Waals surface area contributed by atoms with Crippen molar-refractivity contribution in [2.24, 2.45) is 5.73 Å². The van der Waals surface area contributed by atoms with Crippen LogP contribution < -0.4 is 5.73 Å². The second-order valence-corrected chi connectivity index (χ2v) is 5.77. The molecule has 18 heavy (non-hydrogen) atoms. The van der Waals surface area contributed by atoms with E-state index in [-0.39, 0.29) is 0 Å². The first-order valence-corrected chi connectivity index (χ1v) is 6.96. The molecule has 0 bridgehead atoms. The number of benzene rings is 2. The number of rotatable bonds is 3. The van der Waals surface area contributed by atoms with Crippen molar-refractivity contribution in [3.8, 4) is 0 Å². The van der Waals surface area contributed by atoms with Crippen molar-refractivity contribution in [1.82, 2.24) is 0 Å². The minimum absolute atomic E-state index is 0.597. The molecule has 2 aromatic carbocycles. The predicted octanol–water partition coefficient (Wildman–Crippen LogP) is 4.22. The molecule has 2 N–H and O–H groups in total. The van der Waals surface area contributed by atoms with Crippen LogP contribution in [0.15, 0.2) is 46.2 Å². The summed E-state index contributed by atoms with van der Waals surface area (Å²) in [5.41, 5.74) is 10.9. The van der Waals surface area contributed by atoms with Gasteiger partial charge in [-0.25, -0.2) is 0 Å². The standard InChI is InChI=1S/C16H19NS/c1-11-7-12(2)16(13(3)8-11)18-15-6-4-5-14(9-15)10-17/h4-9H,10,17H2,1-3H3. The van der Waals surface area contributed by atoms with Crippen LogP contribution in [0, 0.1) is 20.8 Å². The van der Waals surface area contributed by atoms with Crippen molar-refractivity contribution in [1.29, 1.82) is 0 Å². The molecule has 0 amide bonds. The number of aryl methyl sites for hydroxylation is 3. The van der Waals surface area contributed by atoms with Gasteiger partial charge in [0.05, 0.1) is 0 Å². The SMILES string of the molecule is Cc1cc(C)c(Sc2cccc(CN)c2)c(C)c1. The zero-order valence-electron chi connectivity index (χ0n) is 11.2. The molecule has 0 saturated carbocycles. The summed E-state index contributed by atoms with van der Waals surface area (Å²) in [6, 6.07) is 12.9. The predicted molar refractivity (Wildman–Crippen MR) is 79.1 cm³/mol. The maximum absolute atomic E-state index is 5.68. The Morgan fingerprint density at radius 3 is 2.28 bits per heavy atom. The summed E-state index contributed by atoms with van der Waals surface area (Å²) < 4.78 is 0. The third-order valence-electron chi connectivity index (χ3n) is 2.96. The fourth-order valence-corrected chi connectivity index (χ4v) is 3.21. The van der Waals surface area contributed by atoms with Gasteiger partial charge in [0, 0.05) is 16.3 Å². The summed E-state index contributed by atoms with van der Waals surface area (Å²) in [6.07, 6.45) is 0. The van der Waals surface area contributed by atoms with Gasteiger partial charge in [0.2, 0.25) is 0 Å². The Morgan fingerprint density at radius 2 is 1.67 bits per heavy atom. The fourth-order valence-electron chi connectivity index (χ4n) is 2.18. The lowest BCUT2D eigenvalue weighted by atomic mass is 10.1. The molecule has 1 nitrogen and oxygen atoms in total. The molecule has 0 fully saturated rings. The second-order valence-electron chi connectivity index (χ2n) is 4.68. The summed E-state index contributed by atoms with van der Waals surface area (Å²) in [5, 5.41) is 0. The van der Waals surface area contributed by atoms with Crippen LogP contribution in [-0.2, 0) is 6.54 Å². The molecule has 0 aliphatic heterocycles. The third-order valence-corrected chi connectivity index (χ3v) is 4.30. The Hall–Kier alpha value is -1.25. The molecular formula is C16H19NS. The van der Waals surface area contributed by atoms with E-state index in [4.69, 9.17) is 5.73 Å². The molecule has 0 saturated heterocycles. The Morgan fingerprint density at radius 1 is 1.00 bits per heavy atom. The van der Waals surface area contributed by atoms with Gasteiger partial charge >= 0.3 is 0 Å². The maximum atomic E-state index is 5.68. The van der Waals surface area contributed by atoms with Crippen molar-refractivity contribution < 1.29 is 0 Å². The van der Waals surface area contributed by atoms with E-state index < -0.39 is 0 Å². The van der Waals surface area contributed by atoms with E-state index >= 15 is 0 Å². The zero-order chi connectivity index (χ0) is 13.1. The second kappa shape index (κ2) is 5.59. The first-order valence-electron chi connectivity index (χ1n) is 6.15. The van der Waals surface area contributed by atoms with Gasteiger partial charge in [0.15, 0.2) is 0 Å². The Bertz CT molecular complexity index is 538. The molecule has 0 aromatic heterocycles. The summed E-state index contributed by atoms with van der Waals surface area (Å²) in [7, 11) is 0. The Balaban J connectivity index is 2.33. The number of hydrogen-bond donors (Lipinski definition) is 1. The van der Waals surface area contributed by atoms with Crippen LogP contribution in [0.5, 0.6) is 0 Å². The van der Waals surface area contributed by atoms with Crippen LogP contribution in [0.1, 0.15) is 22.3 Å². The molecule has 0 heterocycles. The fraction of sp³-hybridized carbons (Fsp3) is 0.250. The summed E-state index contributed by atoms with van der Waals surface area (Å²) >= 11 is 1.82. The number of nitrogens with two attached hydrogens (primary N) is 1. The molecular weight excluding hydrogens is 238 g/mol. The van der Waals surface area contributed by atoms with Crippen LogP contribution in [0.3, 0.4) is 0 Å². The molecule has 2 rings (SSSR count). The highest BCUT2D eigenvalue weighted by Gasteiger charge is 2.06. The monoisotopic (exact) mass is 257 g/mol. The van der Waals surface area contributed by atoms with Gasteiger partial charge in [-0.15, -0.1) is 0 Å². The Kier molecular flexibility index (Phi) is 4.10. The van der Waals surface area contributed by atoms with E-state index in [1.807, 2.05) is 11.8 Å². The molecule has 0 spiro atoms. The van der Waals surface area contributed by atoms with Gasteiger partial charge in [-0.05, 0) is 49.6 Å². The van der Waals surface area contributed by atoms with Crippen LogP contribution >= 0.6 is 11.8 Å². The quantitative estimate of drug-likeness (QED) is 0.891. The van der Waals surface area contributed by atoms with Crippen molar-refractivity contribution in [3.05, 3.63) is 58.7 Å². The van der Waals surface area contributed by atoms with E-state index in [9.17, 15) is 0 Å². The normalized spacial score (nSPS) is 10.7. The van der Waals surface area contributed by atoms with Gasteiger partial charge in [-0.2, -0.15) is 0 Å². The largest absolute Gasteiger partial charge is 0.326 e. The molecule has 0 unspecified atom stereocenters.